The van der Waals surface area contributed by atoms with E-state index in [0.717, 1.165) is 38.0 Å². The summed E-state index contributed by atoms with van der Waals surface area (Å²) in [5.41, 5.74) is 7.22. The molecule has 88 valence electrons. The van der Waals surface area contributed by atoms with Gasteiger partial charge < -0.3 is 15.6 Å². The van der Waals surface area contributed by atoms with Gasteiger partial charge >= 0.3 is 0 Å². The van der Waals surface area contributed by atoms with Gasteiger partial charge in [0.15, 0.2) is 0 Å². The Morgan fingerprint density at radius 1 is 1.31 bits per heavy atom. The first-order chi connectivity index (χ1) is 7.74. The fourth-order valence-electron chi connectivity index (χ4n) is 2.36. The quantitative estimate of drug-likeness (QED) is 0.816. The van der Waals surface area contributed by atoms with Gasteiger partial charge in [-0.3, -0.25) is 0 Å². The Labute approximate surface area is 96.2 Å². The zero-order chi connectivity index (χ0) is 11.4. The molecule has 0 aromatic heterocycles. The van der Waals surface area contributed by atoms with Gasteiger partial charge in [-0.1, -0.05) is 12.1 Å². The first kappa shape index (κ1) is 11.4. The van der Waals surface area contributed by atoms with E-state index in [0.29, 0.717) is 12.3 Å². The molecule has 0 unspecified atom stereocenters. The maximum Gasteiger partial charge on any atom is 0.115 e. The highest BCUT2D eigenvalue weighted by Crippen LogP contribution is 2.33. The molecule has 0 atom stereocenters. The summed E-state index contributed by atoms with van der Waals surface area (Å²) in [5.74, 6) is 0.330. The van der Waals surface area contributed by atoms with Crippen LogP contribution in [0.3, 0.4) is 0 Å². The van der Waals surface area contributed by atoms with Crippen molar-refractivity contribution in [3.63, 3.8) is 0 Å². The minimum Gasteiger partial charge on any atom is -0.508 e. The first-order valence-corrected chi connectivity index (χ1v) is 5.80. The summed E-state index contributed by atoms with van der Waals surface area (Å²) in [6.07, 6.45) is 2.96. The van der Waals surface area contributed by atoms with Gasteiger partial charge in [-0.25, -0.2) is 0 Å². The van der Waals surface area contributed by atoms with Crippen LogP contribution in [0.25, 0.3) is 0 Å². The molecule has 2 rings (SSSR count). The minimum atomic E-state index is 0.159. The van der Waals surface area contributed by atoms with Gasteiger partial charge in [-0.15, -0.1) is 0 Å². The molecule has 1 aliphatic heterocycles. The van der Waals surface area contributed by atoms with E-state index >= 15 is 0 Å². The highest BCUT2D eigenvalue weighted by molar-refractivity contribution is 5.28. The summed E-state index contributed by atoms with van der Waals surface area (Å²) >= 11 is 0. The minimum absolute atomic E-state index is 0.159. The largest absolute Gasteiger partial charge is 0.508 e. The molecule has 3 nitrogen and oxygen atoms in total. The van der Waals surface area contributed by atoms with Gasteiger partial charge in [0, 0.05) is 13.2 Å². The van der Waals surface area contributed by atoms with Crippen LogP contribution in [0.4, 0.5) is 0 Å². The lowest BCUT2D eigenvalue weighted by molar-refractivity contribution is 0.0191. The number of phenolic OH excluding ortho intramolecular Hbond substituents is 1. The van der Waals surface area contributed by atoms with Gasteiger partial charge in [0.2, 0.25) is 0 Å². The van der Waals surface area contributed by atoms with Crippen molar-refractivity contribution in [1.29, 1.82) is 0 Å². The zero-order valence-corrected chi connectivity index (χ0v) is 9.48. The number of nitrogens with two attached hydrogens (primary N) is 1. The summed E-state index contributed by atoms with van der Waals surface area (Å²) in [4.78, 5) is 0. The van der Waals surface area contributed by atoms with Crippen LogP contribution in [-0.4, -0.2) is 24.9 Å². The van der Waals surface area contributed by atoms with Crippen molar-refractivity contribution in [3.8, 4) is 5.75 Å². The average molecular weight is 221 g/mol. The van der Waals surface area contributed by atoms with Crippen LogP contribution in [0.2, 0.25) is 0 Å². The molecule has 3 heteroatoms. The van der Waals surface area contributed by atoms with E-state index in [4.69, 9.17) is 10.5 Å². The predicted octanol–water partition coefficient (Wildman–Crippen LogP) is 1.69. The van der Waals surface area contributed by atoms with Gasteiger partial charge in [0.1, 0.15) is 5.75 Å². The predicted molar refractivity (Wildman–Crippen MR) is 63.4 cm³/mol. The Hall–Kier alpha value is -1.06. The molecular weight excluding hydrogens is 202 g/mol. The van der Waals surface area contributed by atoms with E-state index < -0.39 is 0 Å². The van der Waals surface area contributed by atoms with Crippen molar-refractivity contribution in [2.75, 3.05) is 19.8 Å². The number of aromatic hydroxyl groups is 1. The van der Waals surface area contributed by atoms with Crippen molar-refractivity contribution in [1.82, 2.24) is 0 Å². The highest BCUT2D eigenvalue weighted by Gasteiger charge is 2.31. The molecule has 1 saturated heterocycles. The Balaban J connectivity index is 2.11. The summed E-state index contributed by atoms with van der Waals surface area (Å²) in [5, 5.41) is 9.44. The molecular formula is C13H19NO2. The van der Waals surface area contributed by atoms with E-state index in [2.05, 4.69) is 0 Å². The smallest absolute Gasteiger partial charge is 0.115 e. The van der Waals surface area contributed by atoms with E-state index in [9.17, 15) is 5.11 Å². The standard InChI is InChI=1S/C13H19NO2/c14-10-13(4-6-16-7-5-13)9-11-2-1-3-12(15)8-11/h1-3,8,15H,4-7,9-10,14H2. The van der Waals surface area contributed by atoms with E-state index in [1.807, 2.05) is 18.2 Å². The molecule has 1 heterocycles. The Morgan fingerprint density at radius 2 is 2.06 bits per heavy atom. The lowest BCUT2D eigenvalue weighted by Crippen LogP contribution is -2.38. The molecule has 1 aromatic carbocycles. The van der Waals surface area contributed by atoms with Crippen molar-refractivity contribution in [2.45, 2.75) is 19.3 Å². The number of rotatable bonds is 3. The summed E-state index contributed by atoms with van der Waals surface area (Å²) in [7, 11) is 0. The van der Waals surface area contributed by atoms with Crippen LogP contribution in [0.5, 0.6) is 5.75 Å². The van der Waals surface area contributed by atoms with Gasteiger partial charge in [0.05, 0.1) is 0 Å². The Kier molecular flexibility index (Phi) is 3.46. The third-order valence-corrected chi connectivity index (χ3v) is 3.48. The van der Waals surface area contributed by atoms with Crippen LogP contribution in [-0.2, 0) is 11.2 Å². The maximum absolute atomic E-state index is 9.44. The molecule has 1 fully saturated rings. The van der Waals surface area contributed by atoms with Crippen LogP contribution < -0.4 is 5.73 Å². The lowest BCUT2D eigenvalue weighted by Gasteiger charge is -2.36. The number of hydrogen-bond donors (Lipinski definition) is 2. The second-order valence-corrected chi connectivity index (χ2v) is 4.66. The maximum atomic E-state index is 9.44. The zero-order valence-electron chi connectivity index (χ0n) is 9.48. The second kappa shape index (κ2) is 4.85. The van der Waals surface area contributed by atoms with Crippen molar-refractivity contribution >= 4 is 0 Å². The summed E-state index contributed by atoms with van der Waals surface area (Å²) in [6.45, 7) is 2.29. The molecule has 0 radical (unpaired) electrons. The Morgan fingerprint density at radius 3 is 2.69 bits per heavy atom. The van der Waals surface area contributed by atoms with Crippen molar-refractivity contribution < 1.29 is 9.84 Å². The Bertz CT molecular complexity index is 346. The fourth-order valence-corrected chi connectivity index (χ4v) is 2.36. The molecule has 0 spiro atoms. The third kappa shape index (κ3) is 2.54. The van der Waals surface area contributed by atoms with Crippen molar-refractivity contribution in [2.24, 2.45) is 11.1 Å². The van der Waals surface area contributed by atoms with Gasteiger partial charge in [0.25, 0.3) is 0 Å². The van der Waals surface area contributed by atoms with E-state index in [-0.39, 0.29) is 5.41 Å². The lowest BCUT2D eigenvalue weighted by atomic mass is 9.75. The second-order valence-electron chi connectivity index (χ2n) is 4.66. The summed E-state index contributed by atoms with van der Waals surface area (Å²) in [6, 6.07) is 7.45. The SMILES string of the molecule is NCC1(Cc2cccc(O)c2)CCOCC1. The van der Waals surface area contributed by atoms with Gasteiger partial charge in [-0.05, 0) is 48.9 Å². The van der Waals surface area contributed by atoms with Crippen LogP contribution in [0, 0.1) is 5.41 Å². The van der Waals surface area contributed by atoms with E-state index in [1.54, 1.807) is 6.07 Å². The molecule has 1 aromatic rings. The molecule has 0 aliphatic carbocycles. The van der Waals surface area contributed by atoms with E-state index in [1.165, 1.54) is 0 Å². The molecule has 3 N–H and O–H groups in total. The first-order valence-electron chi connectivity index (χ1n) is 5.80. The monoisotopic (exact) mass is 221 g/mol. The average Bonchev–Trinajstić information content (AvgIpc) is 2.30. The summed E-state index contributed by atoms with van der Waals surface area (Å²) < 4.78 is 5.38. The normalized spacial score (nSPS) is 19.6. The number of benzene rings is 1. The van der Waals surface area contributed by atoms with Crippen LogP contribution in [0.15, 0.2) is 24.3 Å². The number of ether oxygens (including phenoxy) is 1. The van der Waals surface area contributed by atoms with Crippen LogP contribution >= 0.6 is 0 Å². The van der Waals surface area contributed by atoms with Crippen LogP contribution in [0.1, 0.15) is 18.4 Å². The topological polar surface area (TPSA) is 55.5 Å². The van der Waals surface area contributed by atoms with Gasteiger partial charge in [-0.2, -0.15) is 0 Å². The molecule has 1 aliphatic rings. The number of phenols is 1. The fraction of sp³-hybridized carbons (Fsp3) is 0.538. The molecule has 0 bridgehead atoms. The molecule has 16 heavy (non-hydrogen) atoms. The molecule has 0 amide bonds. The third-order valence-electron chi connectivity index (χ3n) is 3.48. The number of hydrogen-bond acceptors (Lipinski definition) is 3. The molecule has 0 saturated carbocycles. The highest BCUT2D eigenvalue weighted by atomic mass is 16.5. The van der Waals surface area contributed by atoms with Crippen molar-refractivity contribution in [3.05, 3.63) is 29.8 Å².